The van der Waals surface area contributed by atoms with E-state index in [4.69, 9.17) is 14.2 Å². The minimum absolute atomic E-state index is 0.116. The third-order valence-corrected chi connectivity index (χ3v) is 12.9. The smallest absolute Gasteiger partial charge is 0.306 e. The van der Waals surface area contributed by atoms with Crippen molar-refractivity contribution in [2.45, 2.75) is 294 Å². The molecule has 382 valence electrons. The van der Waals surface area contributed by atoms with E-state index in [1.54, 1.807) is 6.08 Å². The van der Waals surface area contributed by atoms with Crippen LogP contribution in [0.25, 0.3) is 0 Å². The molecule has 0 aromatic rings. The number of aliphatic hydroxyl groups excluding tert-OH is 5. The van der Waals surface area contributed by atoms with E-state index in [1.165, 1.54) is 122 Å². The van der Waals surface area contributed by atoms with Crippen molar-refractivity contribution in [1.29, 1.82) is 0 Å². The van der Waals surface area contributed by atoms with Crippen LogP contribution in [0.15, 0.2) is 24.3 Å². The van der Waals surface area contributed by atoms with Gasteiger partial charge in [-0.1, -0.05) is 218 Å². The van der Waals surface area contributed by atoms with Crippen molar-refractivity contribution >= 4 is 11.9 Å². The Morgan fingerprint density at radius 3 is 1.54 bits per heavy atom. The number of hydrogen-bond acceptors (Lipinski definition) is 10. The fraction of sp³-hybridized carbons (Fsp3) is 0.889. The van der Waals surface area contributed by atoms with Crippen LogP contribution in [-0.4, -0.2) is 99.6 Å². The third kappa shape index (κ3) is 32.5. The second-order valence-corrected chi connectivity index (χ2v) is 19.0. The molecule has 11 nitrogen and oxygen atoms in total. The van der Waals surface area contributed by atoms with Crippen molar-refractivity contribution in [1.82, 2.24) is 5.32 Å². The molecular weight excluding hydrogens is 823 g/mol. The Hall–Kier alpha value is -1.86. The largest absolute Gasteiger partial charge is 0.454 e. The van der Waals surface area contributed by atoms with E-state index >= 15 is 0 Å². The van der Waals surface area contributed by atoms with Gasteiger partial charge in [-0.15, -0.1) is 0 Å². The number of aliphatic hydroxyl groups is 5. The predicted molar refractivity (Wildman–Crippen MR) is 264 cm³/mol. The molecule has 8 atom stereocenters. The maximum absolute atomic E-state index is 13.3. The molecular formula is C54H101NO10. The van der Waals surface area contributed by atoms with E-state index < -0.39 is 67.4 Å². The number of unbranched alkanes of at least 4 members (excludes halogenated alkanes) is 29. The molecule has 0 aliphatic carbocycles. The van der Waals surface area contributed by atoms with Crippen LogP contribution in [0.1, 0.15) is 245 Å². The van der Waals surface area contributed by atoms with Gasteiger partial charge in [0.15, 0.2) is 12.4 Å². The molecule has 6 N–H and O–H groups in total. The summed E-state index contributed by atoms with van der Waals surface area (Å²) in [7, 11) is 0. The molecule has 11 heteroatoms. The number of amides is 1. The van der Waals surface area contributed by atoms with E-state index in [0.29, 0.717) is 19.3 Å². The van der Waals surface area contributed by atoms with E-state index in [9.17, 15) is 35.1 Å². The van der Waals surface area contributed by atoms with Crippen LogP contribution < -0.4 is 5.32 Å². The van der Waals surface area contributed by atoms with Crippen molar-refractivity contribution < 1.29 is 49.3 Å². The maximum Gasteiger partial charge on any atom is 0.306 e. The summed E-state index contributed by atoms with van der Waals surface area (Å²) in [6, 6.07) is -1.02. The Morgan fingerprint density at radius 2 is 1.03 bits per heavy atom. The number of carbonyl (C=O) groups is 2. The van der Waals surface area contributed by atoms with Gasteiger partial charge >= 0.3 is 5.97 Å². The van der Waals surface area contributed by atoms with Gasteiger partial charge in [0.25, 0.3) is 0 Å². The quantitative estimate of drug-likeness (QED) is 0.0196. The van der Waals surface area contributed by atoms with Gasteiger partial charge in [-0.25, -0.2) is 0 Å². The molecule has 8 unspecified atom stereocenters. The summed E-state index contributed by atoms with van der Waals surface area (Å²) < 4.78 is 17.5. The topological polar surface area (TPSA) is 175 Å². The van der Waals surface area contributed by atoms with E-state index in [-0.39, 0.29) is 13.0 Å². The Bertz CT molecular complexity index is 1150. The second-order valence-electron chi connectivity index (χ2n) is 19.0. The zero-order valence-corrected chi connectivity index (χ0v) is 41.9. The first-order chi connectivity index (χ1) is 31.7. The molecule has 1 fully saturated rings. The summed E-state index contributed by atoms with van der Waals surface area (Å²) in [6.45, 7) is 5.72. The Balaban J connectivity index is 2.77. The summed E-state index contributed by atoms with van der Waals surface area (Å²) in [5, 5.41) is 56.6. The molecule has 1 rings (SSSR count). The number of hydrogen-bond donors (Lipinski definition) is 6. The average molecular weight is 924 g/mol. The fourth-order valence-electron chi connectivity index (χ4n) is 8.46. The summed E-state index contributed by atoms with van der Waals surface area (Å²) in [6.07, 6.45) is 36.6. The van der Waals surface area contributed by atoms with Gasteiger partial charge in [-0.05, 0) is 44.9 Å². The molecule has 0 bridgehead atoms. The standard InChI is InChI=1S/C54H101NO10/c1-4-7-10-13-16-19-22-24-27-29-32-35-38-41-47(58)53(62)55-45(46(57)40-37-34-31-28-26-23-20-17-14-11-8-5-2)44-63-54-52(51(61)50(60)48(43-56)64-54)65-49(59)42-39-36-33-30-25-21-18-15-12-9-6-3/h15,18,37,40,45-48,50-52,54,56-58,60-61H,4-14,16-17,19-36,38-39,41-44H2,1-3H3,(H,55,62)/b18-15-,40-37+. The number of allylic oxidation sites excluding steroid dienone is 3. The van der Waals surface area contributed by atoms with Crippen molar-refractivity contribution in [3.05, 3.63) is 24.3 Å². The number of nitrogens with one attached hydrogen (secondary N) is 1. The maximum atomic E-state index is 13.3. The first kappa shape index (κ1) is 61.2. The molecule has 1 heterocycles. The SMILES string of the molecule is CCCC/C=C\CCCCCCCC(=O)OC1C(OCC(NC(=O)C(O)CCCCCCCCCCCCCCC)C(O)/C=C/CCCCCCCCCCCC)OC(CO)C(O)C1O. The lowest BCUT2D eigenvalue weighted by Crippen LogP contribution is -2.61. The monoisotopic (exact) mass is 924 g/mol. The molecule has 1 saturated heterocycles. The Kier molecular flexibility index (Phi) is 40.9. The average Bonchev–Trinajstić information content (AvgIpc) is 3.30. The minimum Gasteiger partial charge on any atom is -0.454 e. The lowest BCUT2D eigenvalue weighted by Gasteiger charge is -2.41. The van der Waals surface area contributed by atoms with Crippen molar-refractivity contribution in [2.75, 3.05) is 13.2 Å². The van der Waals surface area contributed by atoms with Crippen molar-refractivity contribution in [3.63, 3.8) is 0 Å². The molecule has 0 saturated carbocycles. The van der Waals surface area contributed by atoms with Gasteiger partial charge < -0.3 is 45.1 Å². The van der Waals surface area contributed by atoms with Crippen LogP contribution in [-0.2, 0) is 23.8 Å². The Labute approximate surface area is 397 Å². The Morgan fingerprint density at radius 1 is 0.585 bits per heavy atom. The highest BCUT2D eigenvalue weighted by Gasteiger charge is 2.47. The van der Waals surface area contributed by atoms with Crippen molar-refractivity contribution in [3.8, 4) is 0 Å². The van der Waals surface area contributed by atoms with Crippen LogP contribution in [0.4, 0.5) is 0 Å². The van der Waals surface area contributed by atoms with Crippen LogP contribution in [0.2, 0.25) is 0 Å². The molecule has 1 amide bonds. The summed E-state index contributed by atoms with van der Waals surface area (Å²) >= 11 is 0. The van der Waals surface area contributed by atoms with Gasteiger partial charge in [0, 0.05) is 6.42 Å². The third-order valence-electron chi connectivity index (χ3n) is 12.9. The predicted octanol–water partition coefficient (Wildman–Crippen LogP) is 11.4. The van der Waals surface area contributed by atoms with E-state index in [1.807, 2.05) is 6.08 Å². The minimum atomic E-state index is -1.61. The zero-order valence-electron chi connectivity index (χ0n) is 41.9. The lowest BCUT2D eigenvalue weighted by atomic mass is 9.99. The number of esters is 1. The van der Waals surface area contributed by atoms with Crippen LogP contribution >= 0.6 is 0 Å². The molecule has 1 aliphatic rings. The highest BCUT2D eigenvalue weighted by molar-refractivity contribution is 5.80. The number of ether oxygens (including phenoxy) is 3. The van der Waals surface area contributed by atoms with Gasteiger partial charge in [0.2, 0.25) is 5.91 Å². The highest BCUT2D eigenvalue weighted by atomic mass is 16.7. The summed E-state index contributed by atoms with van der Waals surface area (Å²) in [5.41, 5.74) is 0. The molecule has 0 aromatic heterocycles. The number of carbonyl (C=O) groups excluding carboxylic acids is 2. The summed E-state index contributed by atoms with van der Waals surface area (Å²) in [5.74, 6) is -1.20. The van der Waals surface area contributed by atoms with Crippen LogP contribution in [0.3, 0.4) is 0 Å². The molecule has 0 spiro atoms. The normalized spacial score (nSPS) is 20.4. The first-order valence-electron chi connectivity index (χ1n) is 27.1. The van der Waals surface area contributed by atoms with Gasteiger partial charge in [-0.3, -0.25) is 9.59 Å². The van der Waals surface area contributed by atoms with Crippen molar-refractivity contribution in [2.24, 2.45) is 0 Å². The molecule has 65 heavy (non-hydrogen) atoms. The molecule has 1 aliphatic heterocycles. The van der Waals surface area contributed by atoms with Gasteiger partial charge in [0.1, 0.15) is 24.4 Å². The number of rotatable bonds is 45. The second kappa shape index (κ2) is 43.4. The van der Waals surface area contributed by atoms with Gasteiger partial charge in [0.05, 0.1) is 25.4 Å². The van der Waals surface area contributed by atoms with Gasteiger partial charge in [-0.2, -0.15) is 0 Å². The lowest BCUT2D eigenvalue weighted by molar-refractivity contribution is -0.305. The van der Waals surface area contributed by atoms with E-state index in [0.717, 1.165) is 77.0 Å². The molecule has 0 aromatic carbocycles. The first-order valence-corrected chi connectivity index (χ1v) is 27.1. The van der Waals surface area contributed by atoms with E-state index in [2.05, 4.69) is 38.2 Å². The van der Waals surface area contributed by atoms with Crippen LogP contribution in [0.5, 0.6) is 0 Å². The zero-order chi connectivity index (χ0) is 47.6. The highest BCUT2D eigenvalue weighted by Crippen LogP contribution is 2.26. The fourth-order valence-corrected chi connectivity index (χ4v) is 8.46. The summed E-state index contributed by atoms with van der Waals surface area (Å²) in [4.78, 5) is 26.3. The van der Waals surface area contributed by atoms with Crippen LogP contribution in [0, 0.1) is 0 Å². The molecule has 0 radical (unpaired) electrons.